The Kier molecular flexibility index (Phi) is 3.51. The van der Waals surface area contributed by atoms with Gasteiger partial charge >= 0.3 is 0 Å². The highest BCUT2D eigenvalue weighted by molar-refractivity contribution is 5.92. The van der Waals surface area contributed by atoms with E-state index in [4.69, 9.17) is 6.42 Å². The summed E-state index contributed by atoms with van der Waals surface area (Å²) in [6.07, 6.45) is 5.70. The van der Waals surface area contributed by atoms with Crippen LogP contribution in [0.3, 0.4) is 0 Å². The zero-order valence-corrected chi connectivity index (χ0v) is 9.29. The third-order valence-corrected chi connectivity index (χ3v) is 2.45. The highest BCUT2D eigenvalue weighted by atomic mass is 16.1. The Balaban J connectivity index is 2.59. The van der Waals surface area contributed by atoms with Crippen molar-refractivity contribution in [2.75, 3.05) is 6.54 Å². The number of hydrogen-bond donors (Lipinski definition) is 1. The number of nitrogens with zero attached hydrogens (tertiary/aromatic N) is 2. The van der Waals surface area contributed by atoms with Crippen LogP contribution in [0.15, 0.2) is 0 Å². The number of hydrogen-bond acceptors (Lipinski definition) is 2. The van der Waals surface area contributed by atoms with E-state index in [1.807, 2.05) is 31.5 Å². The third-order valence-electron chi connectivity index (χ3n) is 2.45. The maximum absolute atomic E-state index is 10.8. The molecule has 1 rings (SSSR count). The smallest absolute Gasteiger partial charge is 0.295 e. The molecule has 0 aromatic carbocycles. The molecule has 80 valence electrons. The van der Waals surface area contributed by atoms with Gasteiger partial charge in [-0.15, -0.1) is 6.42 Å². The minimum Gasteiger partial charge on any atom is -0.345 e. The fourth-order valence-corrected chi connectivity index (χ4v) is 1.53. The molecule has 15 heavy (non-hydrogen) atoms. The Bertz CT molecular complexity index is 412. The van der Waals surface area contributed by atoms with Gasteiger partial charge in [0.25, 0.3) is 5.91 Å². The number of aromatic nitrogens is 2. The Morgan fingerprint density at radius 1 is 1.60 bits per heavy atom. The second kappa shape index (κ2) is 4.65. The Hall–Kier alpha value is -1.76. The summed E-state index contributed by atoms with van der Waals surface area (Å²) in [7, 11) is 1.91. The topological polar surface area (TPSA) is 46.9 Å². The van der Waals surface area contributed by atoms with Crippen LogP contribution in [-0.2, 0) is 18.3 Å². The molecule has 0 unspecified atom stereocenters. The monoisotopic (exact) mass is 205 g/mol. The lowest BCUT2D eigenvalue weighted by molar-refractivity contribution is -0.115. The molecule has 0 spiro atoms. The predicted octanol–water partition coefficient (Wildman–Crippen LogP) is 0.329. The minimum atomic E-state index is -0.366. The summed E-state index contributed by atoms with van der Waals surface area (Å²) in [5.74, 6) is 1.65. The molecule has 0 atom stereocenters. The van der Waals surface area contributed by atoms with E-state index in [0.717, 1.165) is 17.8 Å². The van der Waals surface area contributed by atoms with Crippen molar-refractivity contribution in [1.82, 2.24) is 15.1 Å². The molecule has 1 N–H and O–H groups in total. The van der Waals surface area contributed by atoms with Gasteiger partial charge in [0.15, 0.2) is 0 Å². The lowest BCUT2D eigenvalue weighted by Gasteiger charge is -2.02. The number of rotatable bonds is 3. The molecule has 1 aromatic rings. The van der Waals surface area contributed by atoms with E-state index in [1.165, 1.54) is 5.56 Å². The van der Waals surface area contributed by atoms with Crippen molar-refractivity contribution in [3.05, 3.63) is 17.0 Å². The zero-order valence-electron chi connectivity index (χ0n) is 9.29. The zero-order chi connectivity index (χ0) is 11.4. The minimum absolute atomic E-state index is 0.366. The fraction of sp³-hybridized carbons (Fsp3) is 0.455. The normalized spacial score (nSPS) is 9.73. The number of terminal acetylenes is 1. The Morgan fingerprint density at radius 2 is 2.27 bits per heavy atom. The Labute approximate surface area is 89.7 Å². The van der Waals surface area contributed by atoms with E-state index >= 15 is 0 Å². The van der Waals surface area contributed by atoms with Gasteiger partial charge in [-0.2, -0.15) is 5.10 Å². The molecule has 0 radical (unpaired) electrons. The van der Waals surface area contributed by atoms with E-state index in [9.17, 15) is 4.79 Å². The molecular weight excluding hydrogens is 190 g/mol. The van der Waals surface area contributed by atoms with Gasteiger partial charge in [0, 0.05) is 19.3 Å². The van der Waals surface area contributed by atoms with Gasteiger partial charge in [-0.3, -0.25) is 9.48 Å². The van der Waals surface area contributed by atoms with Crippen LogP contribution in [0.2, 0.25) is 0 Å². The summed E-state index contributed by atoms with van der Waals surface area (Å²) in [5, 5.41) is 6.92. The maximum atomic E-state index is 10.8. The van der Waals surface area contributed by atoms with Gasteiger partial charge in [-0.25, -0.2) is 0 Å². The highest BCUT2D eigenvalue weighted by Crippen LogP contribution is 2.11. The molecule has 0 bridgehead atoms. The summed E-state index contributed by atoms with van der Waals surface area (Å²) < 4.78 is 1.84. The van der Waals surface area contributed by atoms with E-state index in [1.54, 1.807) is 0 Å². The van der Waals surface area contributed by atoms with Crippen molar-refractivity contribution in [3.8, 4) is 12.3 Å². The Morgan fingerprint density at radius 3 is 2.73 bits per heavy atom. The number of aryl methyl sites for hydroxylation is 2. The first-order valence-electron chi connectivity index (χ1n) is 4.79. The molecule has 0 saturated heterocycles. The summed E-state index contributed by atoms with van der Waals surface area (Å²) in [6.45, 7) is 4.53. The van der Waals surface area contributed by atoms with Gasteiger partial charge in [-0.1, -0.05) is 0 Å². The summed E-state index contributed by atoms with van der Waals surface area (Å²) in [4.78, 5) is 10.8. The molecule has 4 nitrogen and oxygen atoms in total. The maximum Gasteiger partial charge on any atom is 0.295 e. The van der Waals surface area contributed by atoms with E-state index < -0.39 is 0 Å². The van der Waals surface area contributed by atoms with Crippen molar-refractivity contribution < 1.29 is 4.79 Å². The number of carbonyl (C=O) groups is 1. The van der Waals surface area contributed by atoms with Gasteiger partial charge in [-0.05, 0) is 31.8 Å². The first-order valence-corrected chi connectivity index (χ1v) is 4.79. The average Bonchev–Trinajstić information content (AvgIpc) is 2.44. The molecule has 0 aliphatic rings. The largest absolute Gasteiger partial charge is 0.345 e. The van der Waals surface area contributed by atoms with Gasteiger partial charge < -0.3 is 5.32 Å². The summed E-state index contributed by atoms with van der Waals surface area (Å²) >= 11 is 0. The van der Waals surface area contributed by atoms with Crippen molar-refractivity contribution >= 4 is 5.91 Å². The molecule has 0 aliphatic carbocycles. The molecule has 1 aromatic heterocycles. The SMILES string of the molecule is C#CC(=O)NCCc1c(C)nn(C)c1C. The molecule has 0 saturated carbocycles. The van der Waals surface area contributed by atoms with Crippen LogP contribution in [0.5, 0.6) is 0 Å². The van der Waals surface area contributed by atoms with Crippen LogP contribution in [0.1, 0.15) is 17.0 Å². The van der Waals surface area contributed by atoms with Crippen LogP contribution in [0, 0.1) is 26.2 Å². The van der Waals surface area contributed by atoms with Gasteiger partial charge in [0.1, 0.15) is 0 Å². The van der Waals surface area contributed by atoms with Crippen molar-refractivity contribution in [2.24, 2.45) is 7.05 Å². The summed E-state index contributed by atoms with van der Waals surface area (Å²) in [6, 6.07) is 0. The first-order chi connectivity index (χ1) is 7.06. The van der Waals surface area contributed by atoms with E-state index in [2.05, 4.69) is 10.4 Å². The lowest BCUT2D eigenvalue weighted by atomic mass is 10.1. The first kappa shape index (κ1) is 11.3. The number of amides is 1. The second-order valence-electron chi connectivity index (χ2n) is 3.42. The fourth-order valence-electron chi connectivity index (χ4n) is 1.53. The van der Waals surface area contributed by atoms with Crippen molar-refractivity contribution in [1.29, 1.82) is 0 Å². The molecule has 0 aliphatic heterocycles. The summed E-state index contributed by atoms with van der Waals surface area (Å²) in [5.41, 5.74) is 3.31. The molecule has 0 fully saturated rings. The quantitative estimate of drug-likeness (QED) is 0.723. The standard InChI is InChI=1S/C11H15N3O/c1-5-11(15)12-7-6-10-8(2)13-14(4)9(10)3/h1H,6-7H2,2-4H3,(H,12,15). The predicted molar refractivity (Wildman–Crippen MR) is 58.2 cm³/mol. The lowest BCUT2D eigenvalue weighted by Crippen LogP contribution is -2.24. The van der Waals surface area contributed by atoms with Crippen LogP contribution in [0.25, 0.3) is 0 Å². The molecular formula is C11H15N3O. The number of nitrogens with one attached hydrogen (secondary N) is 1. The van der Waals surface area contributed by atoms with Crippen LogP contribution in [0.4, 0.5) is 0 Å². The molecule has 4 heteroatoms. The van der Waals surface area contributed by atoms with Crippen LogP contribution >= 0.6 is 0 Å². The second-order valence-corrected chi connectivity index (χ2v) is 3.42. The van der Waals surface area contributed by atoms with Gasteiger partial charge in [0.2, 0.25) is 0 Å². The van der Waals surface area contributed by atoms with Crippen molar-refractivity contribution in [3.63, 3.8) is 0 Å². The molecule has 1 heterocycles. The van der Waals surface area contributed by atoms with E-state index in [0.29, 0.717) is 6.54 Å². The van der Waals surface area contributed by atoms with Crippen LogP contribution < -0.4 is 5.32 Å². The third kappa shape index (κ3) is 2.59. The van der Waals surface area contributed by atoms with Crippen LogP contribution in [-0.4, -0.2) is 22.2 Å². The highest BCUT2D eigenvalue weighted by Gasteiger charge is 2.08. The number of carbonyl (C=O) groups excluding carboxylic acids is 1. The van der Waals surface area contributed by atoms with Gasteiger partial charge in [0.05, 0.1) is 5.69 Å². The average molecular weight is 205 g/mol. The van der Waals surface area contributed by atoms with Crippen molar-refractivity contribution in [2.45, 2.75) is 20.3 Å². The van der Waals surface area contributed by atoms with E-state index in [-0.39, 0.29) is 5.91 Å². The molecule has 1 amide bonds.